The maximum Gasteiger partial charge on any atom is 0.0504 e. The first-order valence-electron chi connectivity index (χ1n) is 2.68. The number of unbranched alkanes of at least 4 members (excludes halogenated alkanes) is 1. The molecule has 0 rings (SSSR count). The molecular weight excluding hydrogens is 215 g/mol. The third kappa shape index (κ3) is 6.95. The molecule has 0 amide bonds. The normalized spacial score (nSPS) is 9.43. The Balaban J connectivity index is 2.45. The Hall–Kier alpha value is 0.947. The summed E-state index contributed by atoms with van der Waals surface area (Å²) >= 11 is 2.44. The molecule has 0 aromatic carbocycles. The summed E-state index contributed by atoms with van der Waals surface area (Å²) in [4.78, 5) is 0. The Bertz CT molecular complexity index is 27.3. The largest absolute Gasteiger partial charge is 0.0903 e. The highest BCUT2D eigenvalue weighted by atomic mass is 127. The van der Waals surface area contributed by atoms with Crippen LogP contribution in [0.5, 0.6) is 0 Å². The van der Waals surface area contributed by atoms with E-state index in [0.717, 1.165) is 0 Å². The lowest BCUT2D eigenvalue weighted by Gasteiger charge is -1.88. The number of hydrogen-bond acceptors (Lipinski definition) is 0. The van der Waals surface area contributed by atoms with Gasteiger partial charge in [0.25, 0.3) is 0 Å². The van der Waals surface area contributed by atoms with Crippen LogP contribution in [0.1, 0.15) is 19.8 Å². The molecule has 0 aromatic heterocycles. The molecule has 0 aromatic rings. The first-order valence-corrected chi connectivity index (χ1v) is 5.62. The van der Waals surface area contributed by atoms with Crippen molar-refractivity contribution < 1.29 is 0 Å². The number of rotatable bonds is 4. The SMILES string of the molecule is CCCC[Si]CI. The lowest BCUT2D eigenvalue weighted by molar-refractivity contribution is 0.880. The summed E-state index contributed by atoms with van der Waals surface area (Å²) in [5.41, 5.74) is 0. The Kier molecular flexibility index (Phi) is 7.89. The van der Waals surface area contributed by atoms with Crippen LogP contribution in [0.25, 0.3) is 0 Å². The standard InChI is InChI=1S/C5H11ISi/c1-2-3-4-7-5-6/h2-5H2,1H3. The number of hydrogen-bond donors (Lipinski definition) is 0. The molecule has 2 radical (unpaired) electrons. The van der Waals surface area contributed by atoms with Crippen molar-refractivity contribution in [1.29, 1.82) is 0 Å². The Labute approximate surface area is 62.0 Å². The summed E-state index contributed by atoms with van der Waals surface area (Å²) in [6.07, 6.45) is 2.80. The molecule has 0 saturated carbocycles. The molecule has 0 nitrogen and oxygen atoms in total. The summed E-state index contributed by atoms with van der Waals surface area (Å²) in [5.74, 6) is 0. The van der Waals surface area contributed by atoms with Gasteiger partial charge in [-0.3, -0.25) is 0 Å². The van der Waals surface area contributed by atoms with Crippen molar-refractivity contribution in [3.05, 3.63) is 0 Å². The van der Waals surface area contributed by atoms with Crippen LogP contribution in [0.2, 0.25) is 6.04 Å². The molecule has 42 valence electrons. The quantitative estimate of drug-likeness (QED) is 0.298. The number of alkyl halides is 1. The van der Waals surface area contributed by atoms with Crippen molar-refractivity contribution in [3.8, 4) is 0 Å². The minimum atomic E-state index is 1.21. The van der Waals surface area contributed by atoms with Crippen molar-refractivity contribution in [3.63, 3.8) is 0 Å². The van der Waals surface area contributed by atoms with Gasteiger partial charge in [0.15, 0.2) is 0 Å². The molecule has 7 heavy (non-hydrogen) atoms. The lowest BCUT2D eigenvalue weighted by atomic mass is 10.4. The van der Waals surface area contributed by atoms with Crippen molar-refractivity contribution in [2.75, 3.05) is 4.05 Å². The second-order valence-corrected chi connectivity index (χ2v) is 5.04. The maximum atomic E-state index is 2.44. The topological polar surface area (TPSA) is 0 Å². The minimum Gasteiger partial charge on any atom is -0.0903 e. The van der Waals surface area contributed by atoms with E-state index in [1.807, 2.05) is 0 Å². The second-order valence-electron chi connectivity index (χ2n) is 1.49. The molecule has 0 aliphatic heterocycles. The van der Waals surface area contributed by atoms with Crippen LogP contribution < -0.4 is 0 Å². The monoisotopic (exact) mass is 226 g/mol. The van der Waals surface area contributed by atoms with Gasteiger partial charge in [-0.15, -0.1) is 0 Å². The highest BCUT2D eigenvalue weighted by Gasteiger charge is 1.82. The van der Waals surface area contributed by atoms with E-state index in [-0.39, 0.29) is 0 Å². The minimum absolute atomic E-state index is 1.21. The first-order chi connectivity index (χ1) is 3.41. The highest BCUT2D eigenvalue weighted by Crippen LogP contribution is 1.93. The molecule has 0 bridgehead atoms. The van der Waals surface area contributed by atoms with E-state index in [9.17, 15) is 0 Å². The van der Waals surface area contributed by atoms with Crippen molar-refractivity contribution >= 4 is 32.1 Å². The van der Waals surface area contributed by atoms with Crippen LogP contribution >= 0.6 is 22.6 Å². The Morgan fingerprint density at radius 2 is 2.29 bits per heavy atom. The van der Waals surface area contributed by atoms with Gasteiger partial charge < -0.3 is 0 Å². The summed E-state index contributed by atoms with van der Waals surface area (Å²) in [7, 11) is 1.21. The Morgan fingerprint density at radius 3 is 2.71 bits per heavy atom. The number of halogens is 1. The third-order valence-electron chi connectivity index (χ3n) is 0.802. The molecule has 0 aliphatic rings. The van der Waals surface area contributed by atoms with Crippen LogP contribution in [-0.4, -0.2) is 13.6 Å². The van der Waals surface area contributed by atoms with Gasteiger partial charge in [-0.05, 0) is 4.05 Å². The summed E-state index contributed by atoms with van der Waals surface area (Å²) in [6, 6.07) is 1.46. The van der Waals surface area contributed by atoms with Gasteiger partial charge in [0.1, 0.15) is 0 Å². The molecule has 2 heteroatoms. The van der Waals surface area contributed by atoms with Crippen LogP contribution in [0.4, 0.5) is 0 Å². The molecular formula is C5H11ISi. The fourth-order valence-electron chi connectivity index (χ4n) is 0.369. The Morgan fingerprint density at radius 1 is 1.57 bits per heavy atom. The van der Waals surface area contributed by atoms with Gasteiger partial charge >= 0.3 is 0 Å². The molecule has 0 heterocycles. The van der Waals surface area contributed by atoms with Gasteiger partial charge in [-0.25, -0.2) is 0 Å². The summed E-state index contributed by atoms with van der Waals surface area (Å²) in [6.45, 7) is 2.25. The fourth-order valence-corrected chi connectivity index (χ4v) is 2.25. The van der Waals surface area contributed by atoms with Crippen molar-refractivity contribution in [2.24, 2.45) is 0 Å². The molecule has 0 atom stereocenters. The van der Waals surface area contributed by atoms with Crippen LogP contribution in [-0.2, 0) is 0 Å². The lowest BCUT2D eigenvalue weighted by Crippen LogP contribution is -1.88. The summed E-state index contributed by atoms with van der Waals surface area (Å²) in [5, 5.41) is 0. The van der Waals surface area contributed by atoms with Gasteiger partial charge in [0.2, 0.25) is 0 Å². The van der Waals surface area contributed by atoms with Crippen molar-refractivity contribution in [2.45, 2.75) is 25.8 Å². The van der Waals surface area contributed by atoms with E-state index >= 15 is 0 Å². The zero-order valence-corrected chi connectivity index (χ0v) is 7.86. The predicted molar refractivity (Wildman–Crippen MR) is 44.4 cm³/mol. The molecule has 0 saturated heterocycles. The smallest absolute Gasteiger partial charge is 0.0504 e. The van der Waals surface area contributed by atoms with E-state index in [2.05, 4.69) is 29.5 Å². The van der Waals surface area contributed by atoms with Gasteiger partial charge in [0.05, 0.1) is 9.52 Å². The molecule has 0 unspecified atom stereocenters. The van der Waals surface area contributed by atoms with Crippen LogP contribution in [0.15, 0.2) is 0 Å². The third-order valence-corrected chi connectivity index (χ3v) is 3.32. The van der Waals surface area contributed by atoms with E-state index in [1.54, 1.807) is 0 Å². The molecule has 0 N–H and O–H groups in total. The van der Waals surface area contributed by atoms with Gasteiger partial charge in [0, 0.05) is 0 Å². The van der Waals surface area contributed by atoms with E-state index in [1.165, 1.54) is 32.5 Å². The average molecular weight is 226 g/mol. The second kappa shape index (κ2) is 6.95. The van der Waals surface area contributed by atoms with E-state index in [0.29, 0.717) is 0 Å². The summed E-state index contributed by atoms with van der Waals surface area (Å²) < 4.78 is 1.36. The first kappa shape index (κ1) is 7.95. The van der Waals surface area contributed by atoms with Gasteiger partial charge in [-0.1, -0.05) is 48.4 Å². The van der Waals surface area contributed by atoms with Gasteiger partial charge in [-0.2, -0.15) is 0 Å². The molecule has 0 fully saturated rings. The zero-order valence-electron chi connectivity index (χ0n) is 4.71. The molecule has 0 spiro atoms. The average Bonchev–Trinajstić information content (AvgIpc) is 1.69. The predicted octanol–water partition coefficient (Wildman–Crippen LogP) is 2.30. The van der Waals surface area contributed by atoms with E-state index in [4.69, 9.17) is 0 Å². The van der Waals surface area contributed by atoms with Crippen LogP contribution in [0.3, 0.4) is 0 Å². The highest BCUT2D eigenvalue weighted by molar-refractivity contribution is 14.1. The van der Waals surface area contributed by atoms with Crippen molar-refractivity contribution in [1.82, 2.24) is 0 Å². The van der Waals surface area contributed by atoms with E-state index < -0.39 is 0 Å². The maximum absolute atomic E-state index is 2.44. The van der Waals surface area contributed by atoms with Crippen LogP contribution in [0, 0.1) is 0 Å². The zero-order chi connectivity index (χ0) is 5.54. The molecule has 0 aliphatic carbocycles. The fraction of sp³-hybridized carbons (Fsp3) is 1.00.